The number of hydrogen-bond acceptors (Lipinski definition) is 12. The molecule has 3 heterocycles. The average Bonchev–Trinajstić information content (AvgIpc) is 3.63. The van der Waals surface area contributed by atoms with E-state index >= 15 is 0 Å². The summed E-state index contributed by atoms with van der Waals surface area (Å²) in [6.45, 7) is 4.64. The smallest absolute Gasteiger partial charge is 0.272 e. The number of carbonyl (C=O) groups is 2. The van der Waals surface area contributed by atoms with Crippen LogP contribution < -0.4 is 30.6 Å². The number of piperidine rings is 1. The Morgan fingerprint density at radius 1 is 1.02 bits per heavy atom. The van der Waals surface area contributed by atoms with E-state index in [1.807, 2.05) is 25.1 Å². The highest BCUT2D eigenvalue weighted by Crippen LogP contribution is 2.42. The number of thiazole rings is 1. The average molecular weight is 608 g/mol. The van der Waals surface area contributed by atoms with Crippen molar-refractivity contribution in [2.75, 3.05) is 50.8 Å². The number of carbonyl (C=O) groups excluding carboxylic acids is 2. The molecule has 13 nitrogen and oxygen atoms in total. The summed E-state index contributed by atoms with van der Waals surface area (Å²) in [5.74, 6) is 2.05. The standard InChI is InChI=1S/C29H33N7O6S/c1-15-6-7-18(31-27(38)17-8-10-36(11-9-17)16(2)37)12-20(15)26-34-28(42-35-26)24-25(30)33-29(43-24)32-19-13-21(39-3)23(41-5)22(14-19)40-4/h6-7,12-14,17H,8-11,30H2,1-5H3,(H,31,38)(H,32,33). The van der Waals surface area contributed by atoms with Crippen molar-refractivity contribution >= 4 is 45.5 Å². The molecule has 1 saturated heterocycles. The van der Waals surface area contributed by atoms with Crippen LogP contribution in [0.5, 0.6) is 17.2 Å². The Bertz CT molecular complexity index is 1620. The highest BCUT2D eigenvalue weighted by Gasteiger charge is 2.26. The van der Waals surface area contributed by atoms with Gasteiger partial charge in [-0.25, -0.2) is 4.98 Å². The summed E-state index contributed by atoms with van der Waals surface area (Å²) < 4.78 is 21.8. The van der Waals surface area contributed by atoms with Crippen molar-refractivity contribution in [2.24, 2.45) is 5.92 Å². The second kappa shape index (κ2) is 12.6. The van der Waals surface area contributed by atoms with Crippen molar-refractivity contribution in [1.29, 1.82) is 0 Å². The van der Waals surface area contributed by atoms with Crippen molar-refractivity contribution in [1.82, 2.24) is 20.0 Å². The summed E-state index contributed by atoms with van der Waals surface area (Å²) >= 11 is 1.25. The maximum absolute atomic E-state index is 12.9. The molecule has 0 saturated carbocycles. The molecule has 0 radical (unpaired) electrons. The van der Waals surface area contributed by atoms with Gasteiger partial charge in [0.2, 0.25) is 23.4 Å². The Labute approximate surface area is 252 Å². The molecule has 14 heteroatoms. The molecule has 1 aliphatic heterocycles. The topological polar surface area (TPSA) is 167 Å². The Morgan fingerprint density at radius 3 is 2.35 bits per heavy atom. The van der Waals surface area contributed by atoms with Gasteiger partial charge in [-0.15, -0.1) is 0 Å². The van der Waals surface area contributed by atoms with E-state index in [1.165, 1.54) is 18.4 Å². The third-order valence-corrected chi connectivity index (χ3v) is 8.22. The minimum Gasteiger partial charge on any atom is -0.493 e. The van der Waals surface area contributed by atoms with Gasteiger partial charge in [-0.05, 0) is 37.5 Å². The lowest BCUT2D eigenvalue weighted by atomic mass is 9.95. The molecule has 2 aromatic carbocycles. The van der Waals surface area contributed by atoms with E-state index in [2.05, 4.69) is 25.8 Å². The molecule has 5 rings (SSSR count). The van der Waals surface area contributed by atoms with E-state index in [1.54, 1.807) is 38.2 Å². The number of likely N-dealkylation sites (tertiary alicyclic amines) is 1. The number of methoxy groups -OCH3 is 3. The maximum atomic E-state index is 12.9. The normalized spacial score (nSPS) is 13.5. The molecule has 2 amide bonds. The number of amides is 2. The number of aryl methyl sites for hydroxylation is 1. The molecular formula is C29H33N7O6S. The van der Waals surface area contributed by atoms with Gasteiger partial charge in [0.05, 0.1) is 21.3 Å². The lowest BCUT2D eigenvalue weighted by Crippen LogP contribution is -2.40. The predicted octanol–water partition coefficient (Wildman–Crippen LogP) is 4.72. The number of aromatic nitrogens is 3. The Hall–Kier alpha value is -4.85. The zero-order valence-corrected chi connectivity index (χ0v) is 25.3. The number of anilines is 4. The lowest BCUT2D eigenvalue weighted by molar-refractivity contribution is -0.132. The fourth-order valence-electron chi connectivity index (χ4n) is 4.88. The van der Waals surface area contributed by atoms with Crippen LogP contribution in [-0.4, -0.2) is 66.3 Å². The van der Waals surface area contributed by atoms with Gasteiger partial charge < -0.3 is 40.0 Å². The van der Waals surface area contributed by atoms with E-state index < -0.39 is 0 Å². The first-order valence-corrected chi connectivity index (χ1v) is 14.4. The van der Waals surface area contributed by atoms with Crippen molar-refractivity contribution in [3.8, 4) is 39.4 Å². The Balaban J connectivity index is 1.32. The maximum Gasteiger partial charge on any atom is 0.272 e. The zero-order valence-electron chi connectivity index (χ0n) is 24.5. The number of rotatable bonds is 9. The molecular weight excluding hydrogens is 574 g/mol. The van der Waals surface area contributed by atoms with E-state index in [0.717, 1.165) is 5.56 Å². The van der Waals surface area contributed by atoms with Crippen LogP contribution in [0.15, 0.2) is 34.9 Å². The van der Waals surface area contributed by atoms with E-state index in [0.29, 0.717) is 76.0 Å². The molecule has 0 atom stereocenters. The van der Waals surface area contributed by atoms with E-state index in [9.17, 15) is 9.59 Å². The summed E-state index contributed by atoms with van der Waals surface area (Å²) in [5, 5.41) is 10.9. The van der Waals surface area contributed by atoms with Crippen LogP contribution in [-0.2, 0) is 9.59 Å². The van der Waals surface area contributed by atoms with Crippen LogP contribution >= 0.6 is 11.3 Å². The second-order valence-corrected chi connectivity index (χ2v) is 11.0. The highest BCUT2D eigenvalue weighted by molar-refractivity contribution is 7.19. The Kier molecular flexibility index (Phi) is 8.66. The summed E-state index contributed by atoms with van der Waals surface area (Å²) in [6.07, 6.45) is 1.26. The molecule has 4 aromatic rings. The van der Waals surface area contributed by atoms with Gasteiger partial charge in [0, 0.05) is 55.0 Å². The minimum absolute atomic E-state index is 0.0349. The molecule has 0 unspecified atom stereocenters. The minimum atomic E-state index is -0.158. The largest absolute Gasteiger partial charge is 0.493 e. The first kappa shape index (κ1) is 29.6. The van der Waals surface area contributed by atoms with Crippen LogP contribution in [0.25, 0.3) is 22.2 Å². The monoisotopic (exact) mass is 607 g/mol. The molecule has 2 aromatic heterocycles. The fourth-order valence-corrected chi connectivity index (χ4v) is 5.71. The van der Waals surface area contributed by atoms with E-state index in [4.69, 9.17) is 24.5 Å². The predicted molar refractivity (Wildman–Crippen MR) is 163 cm³/mol. The third-order valence-electron chi connectivity index (χ3n) is 7.25. The van der Waals surface area contributed by atoms with E-state index in [-0.39, 0.29) is 29.4 Å². The van der Waals surface area contributed by atoms with Crippen LogP contribution in [0.3, 0.4) is 0 Å². The summed E-state index contributed by atoms with van der Waals surface area (Å²) in [5.41, 5.74) is 9.12. The fraction of sp³-hybridized carbons (Fsp3) is 0.345. The van der Waals surface area contributed by atoms with Crippen molar-refractivity contribution in [3.05, 3.63) is 35.9 Å². The SMILES string of the molecule is COc1cc(Nc2nc(N)c(-c3nc(-c4cc(NC(=O)C5CCN(C(C)=O)CC5)ccc4C)no3)s2)cc(OC)c1OC. The summed E-state index contributed by atoms with van der Waals surface area (Å²) in [6, 6.07) is 9.06. The Morgan fingerprint density at radius 2 is 1.72 bits per heavy atom. The van der Waals surface area contributed by atoms with Gasteiger partial charge in [0.15, 0.2) is 16.6 Å². The second-order valence-electron chi connectivity index (χ2n) is 9.99. The van der Waals surface area contributed by atoms with Crippen molar-refractivity contribution in [2.45, 2.75) is 26.7 Å². The molecule has 0 aliphatic carbocycles. The number of nitrogens with zero attached hydrogens (tertiary/aromatic N) is 4. The number of ether oxygens (including phenoxy) is 3. The molecule has 43 heavy (non-hydrogen) atoms. The molecule has 4 N–H and O–H groups in total. The molecule has 0 bridgehead atoms. The quantitative estimate of drug-likeness (QED) is 0.241. The first-order valence-electron chi connectivity index (χ1n) is 13.6. The van der Waals surface area contributed by atoms with Gasteiger partial charge in [-0.2, -0.15) is 4.98 Å². The van der Waals surface area contributed by atoms with Gasteiger partial charge >= 0.3 is 0 Å². The van der Waals surface area contributed by atoms with Crippen LogP contribution in [0, 0.1) is 12.8 Å². The van der Waals surface area contributed by atoms with Gasteiger partial charge in [-0.3, -0.25) is 9.59 Å². The number of nitrogens with two attached hydrogens (primary N) is 1. The zero-order chi connectivity index (χ0) is 30.7. The number of nitrogen functional groups attached to an aromatic ring is 1. The third kappa shape index (κ3) is 6.33. The lowest BCUT2D eigenvalue weighted by Gasteiger charge is -2.30. The first-order chi connectivity index (χ1) is 20.7. The van der Waals surface area contributed by atoms with Gasteiger partial charge in [0.25, 0.3) is 5.89 Å². The van der Waals surface area contributed by atoms with Crippen molar-refractivity contribution < 1.29 is 28.3 Å². The number of hydrogen-bond donors (Lipinski definition) is 3. The van der Waals surface area contributed by atoms with Crippen LogP contribution in [0.1, 0.15) is 25.3 Å². The van der Waals surface area contributed by atoms with Crippen molar-refractivity contribution in [3.63, 3.8) is 0 Å². The van der Waals surface area contributed by atoms with Gasteiger partial charge in [-0.1, -0.05) is 22.6 Å². The summed E-state index contributed by atoms with van der Waals surface area (Å²) in [7, 11) is 4.62. The highest BCUT2D eigenvalue weighted by atomic mass is 32.1. The molecule has 1 fully saturated rings. The van der Waals surface area contributed by atoms with Crippen LogP contribution in [0.2, 0.25) is 0 Å². The molecule has 1 aliphatic rings. The number of benzene rings is 2. The molecule has 226 valence electrons. The number of nitrogens with one attached hydrogen (secondary N) is 2. The molecule has 0 spiro atoms. The summed E-state index contributed by atoms with van der Waals surface area (Å²) in [4.78, 5) is 35.8. The van der Waals surface area contributed by atoms with Crippen LogP contribution in [0.4, 0.5) is 22.3 Å². The van der Waals surface area contributed by atoms with Gasteiger partial charge in [0.1, 0.15) is 10.7 Å².